The number of para-hydroxylation sites is 1. The van der Waals surface area contributed by atoms with E-state index in [-0.39, 0.29) is 30.9 Å². The first-order valence-corrected chi connectivity index (χ1v) is 14.0. The fraction of sp³-hybridized carbons (Fsp3) is 0.176. The molecule has 0 aliphatic carbocycles. The molecule has 0 fully saturated rings. The van der Waals surface area contributed by atoms with E-state index in [9.17, 15) is 19.2 Å². The van der Waals surface area contributed by atoms with Crippen LogP contribution in [0.1, 0.15) is 51.2 Å². The second-order valence-electron chi connectivity index (χ2n) is 10.1. The van der Waals surface area contributed by atoms with E-state index in [1.807, 2.05) is 60.7 Å². The van der Waals surface area contributed by atoms with Crippen LogP contribution >= 0.6 is 0 Å². The summed E-state index contributed by atoms with van der Waals surface area (Å²) in [5.74, 6) is -1.16. The predicted octanol–water partition coefficient (Wildman–Crippen LogP) is 4.62. The van der Waals surface area contributed by atoms with Crippen molar-refractivity contribution in [1.82, 2.24) is 16.0 Å². The lowest BCUT2D eigenvalue weighted by Crippen LogP contribution is -2.40. The van der Waals surface area contributed by atoms with Gasteiger partial charge in [0.1, 0.15) is 6.54 Å². The van der Waals surface area contributed by atoms with Gasteiger partial charge in [-0.3, -0.25) is 19.3 Å². The van der Waals surface area contributed by atoms with E-state index in [0.717, 1.165) is 16.7 Å². The minimum atomic E-state index is -0.773. The minimum absolute atomic E-state index is 0.211. The normalized spacial score (nSPS) is 13.7. The molecular formula is C34H32N4O5. The number of urea groups is 1. The summed E-state index contributed by atoms with van der Waals surface area (Å²) in [6, 6.07) is 31.0. The minimum Gasteiger partial charge on any atom is -0.453 e. The Hall–Kier alpha value is -5.44. The topological polar surface area (TPSA) is 117 Å². The molecule has 9 nitrogen and oxygen atoms in total. The van der Waals surface area contributed by atoms with Gasteiger partial charge in [0.2, 0.25) is 5.91 Å². The van der Waals surface area contributed by atoms with E-state index in [4.69, 9.17) is 4.74 Å². The summed E-state index contributed by atoms with van der Waals surface area (Å²) in [5.41, 5.74) is 4.88. The Morgan fingerprint density at radius 1 is 0.674 bits per heavy atom. The second kappa shape index (κ2) is 13.5. The van der Waals surface area contributed by atoms with Crippen molar-refractivity contribution in [3.8, 4) is 0 Å². The number of anilines is 1. The Bertz CT molecular complexity index is 1620. The molecule has 1 atom stereocenters. The fourth-order valence-electron chi connectivity index (χ4n) is 4.95. The number of ether oxygens (including phenoxy) is 1. The van der Waals surface area contributed by atoms with Crippen molar-refractivity contribution in [3.05, 3.63) is 137 Å². The van der Waals surface area contributed by atoms with Crippen LogP contribution in [0.15, 0.2) is 103 Å². The Labute approximate surface area is 249 Å². The zero-order chi connectivity index (χ0) is 30.2. The molecule has 1 heterocycles. The highest BCUT2D eigenvalue weighted by molar-refractivity contribution is 6.11. The molecule has 4 amide bonds. The van der Waals surface area contributed by atoms with Crippen LogP contribution in [0, 0.1) is 0 Å². The van der Waals surface area contributed by atoms with Crippen LogP contribution in [-0.4, -0.2) is 30.4 Å². The highest BCUT2D eigenvalue weighted by Gasteiger charge is 2.34. The van der Waals surface area contributed by atoms with Gasteiger partial charge in [0.25, 0.3) is 5.91 Å². The van der Waals surface area contributed by atoms with Crippen LogP contribution in [0.5, 0.6) is 0 Å². The van der Waals surface area contributed by atoms with Crippen LogP contribution in [0.25, 0.3) is 0 Å². The van der Waals surface area contributed by atoms with Gasteiger partial charge in [-0.15, -0.1) is 0 Å². The molecule has 0 aromatic heterocycles. The van der Waals surface area contributed by atoms with E-state index in [1.165, 1.54) is 11.8 Å². The van der Waals surface area contributed by atoms with Crippen molar-refractivity contribution < 1.29 is 23.9 Å². The highest BCUT2D eigenvalue weighted by atomic mass is 16.5. The van der Waals surface area contributed by atoms with Crippen LogP contribution < -0.4 is 20.9 Å². The summed E-state index contributed by atoms with van der Waals surface area (Å²) in [6.07, 6.45) is -0.773. The Morgan fingerprint density at radius 3 is 1.86 bits per heavy atom. The van der Waals surface area contributed by atoms with E-state index in [2.05, 4.69) is 16.0 Å². The van der Waals surface area contributed by atoms with Gasteiger partial charge in [-0.05, 0) is 28.8 Å². The van der Waals surface area contributed by atoms with Crippen molar-refractivity contribution in [3.63, 3.8) is 0 Å². The largest absolute Gasteiger partial charge is 0.453 e. The Balaban J connectivity index is 1.19. The molecule has 0 bridgehead atoms. The van der Waals surface area contributed by atoms with Crippen LogP contribution in [0.4, 0.5) is 10.5 Å². The summed E-state index contributed by atoms with van der Waals surface area (Å²) >= 11 is 0. The van der Waals surface area contributed by atoms with Gasteiger partial charge in [-0.1, -0.05) is 91.0 Å². The first kappa shape index (κ1) is 29.1. The number of nitrogens with one attached hydrogen (secondary N) is 3. The third-order valence-corrected chi connectivity index (χ3v) is 7.08. The lowest BCUT2D eigenvalue weighted by molar-refractivity contribution is -0.144. The van der Waals surface area contributed by atoms with Crippen molar-refractivity contribution in [2.24, 2.45) is 0 Å². The fourth-order valence-corrected chi connectivity index (χ4v) is 4.95. The molecule has 9 heteroatoms. The van der Waals surface area contributed by atoms with E-state index < -0.39 is 12.1 Å². The average Bonchev–Trinajstić information content (AvgIpc) is 3.12. The lowest BCUT2D eigenvalue weighted by atomic mass is 9.97. The van der Waals surface area contributed by atoms with Crippen molar-refractivity contribution >= 4 is 29.5 Å². The summed E-state index contributed by atoms with van der Waals surface area (Å²) < 4.78 is 5.66. The number of fused-ring (bicyclic) bond motifs is 2. The molecule has 5 rings (SSSR count). The number of hydrogen-bond acceptors (Lipinski definition) is 5. The van der Waals surface area contributed by atoms with Gasteiger partial charge < -0.3 is 20.7 Å². The quantitative estimate of drug-likeness (QED) is 0.252. The van der Waals surface area contributed by atoms with Gasteiger partial charge >= 0.3 is 12.0 Å². The van der Waals surface area contributed by atoms with Gasteiger partial charge in [0.05, 0.1) is 5.69 Å². The molecule has 1 aliphatic rings. The number of carbonyl (C=O) groups is 4. The van der Waals surface area contributed by atoms with Crippen LogP contribution in [0.2, 0.25) is 0 Å². The number of esters is 1. The maximum absolute atomic E-state index is 13.7. The maximum atomic E-state index is 13.7. The third kappa shape index (κ3) is 7.26. The molecule has 1 aliphatic heterocycles. The molecule has 43 heavy (non-hydrogen) atoms. The molecule has 0 spiro atoms. The number of benzene rings is 4. The average molecular weight is 577 g/mol. The van der Waals surface area contributed by atoms with Gasteiger partial charge in [0.15, 0.2) is 6.10 Å². The molecule has 4 aromatic rings. The first-order valence-electron chi connectivity index (χ1n) is 14.0. The Morgan fingerprint density at radius 2 is 1.21 bits per heavy atom. The van der Waals surface area contributed by atoms with Crippen molar-refractivity contribution in [2.45, 2.75) is 32.7 Å². The van der Waals surface area contributed by atoms with Gasteiger partial charge in [0, 0.05) is 43.2 Å². The van der Waals surface area contributed by atoms with Crippen molar-refractivity contribution in [2.75, 3.05) is 11.4 Å². The first-order chi connectivity index (χ1) is 20.9. The zero-order valence-electron chi connectivity index (χ0n) is 23.7. The molecule has 1 unspecified atom stereocenters. The number of nitrogens with zero attached hydrogens (tertiary/aromatic N) is 1. The van der Waals surface area contributed by atoms with E-state index >= 15 is 0 Å². The van der Waals surface area contributed by atoms with Crippen LogP contribution in [0.3, 0.4) is 0 Å². The maximum Gasteiger partial charge on any atom is 0.315 e. The molecule has 0 radical (unpaired) electrons. The van der Waals surface area contributed by atoms with Crippen molar-refractivity contribution in [1.29, 1.82) is 0 Å². The number of hydrogen-bond donors (Lipinski definition) is 3. The van der Waals surface area contributed by atoms with Gasteiger partial charge in [-0.25, -0.2) is 4.79 Å². The predicted molar refractivity (Wildman–Crippen MR) is 162 cm³/mol. The van der Waals surface area contributed by atoms with Crippen LogP contribution in [-0.2, 0) is 34.0 Å². The number of amides is 4. The lowest BCUT2D eigenvalue weighted by Gasteiger charge is -2.23. The third-order valence-electron chi connectivity index (χ3n) is 7.08. The monoisotopic (exact) mass is 576 g/mol. The Kier molecular flexibility index (Phi) is 9.11. The second-order valence-corrected chi connectivity index (χ2v) is 10.1. The standard InChI is InChI=1S/C34H32N4O5/c1-23(39)43-32-27-11-5-6-12-28(27)33(41)38(30-14-8-7-13-29(30)32)22-31(40)35-19-25-15-17-26(18-16-25)21-37-34(42)36-20-24-9-3-2-4-10-24/h2-18,32H,19-22H2,1H3,(H,35,40)(H2,36,37,42). The SMILES string of the molecule is CC(=O)OC1c2ccccc2C(=O)N(CC(=O)NCc2ccc(CNC(=O)NCc3ccccc3)cc2)c2ccccc21. The van der Waals surface area contributed by atoms with Gasteiger partial charge in [-0.2, -0.15) is 0 Å². The molecule has 0 saturated carbocycles. The summed E-state index contributed by atoms with van der Waals surface area (Å²) in [4.78, 5) is 52.3. The smallest absolute Gasteiger partial charge is 0.315 e. The number of carbonyl (C=O) groups excluding carboxylic acids is 4. The summed E-state index contributed by atoms with van der Waals surface area (Å²) in [7, 11) is 0. The highest BCUT2D eigenvalue weighted by Crippen LogP contribution is 2.39. The molecule has 4 aromatic carbocycles. The van der Waals surface area contributed by atoms with E-state index in [1.54, 1.807) is 42.5 Å². The number of rotatable bonds is 9. The van der Waals surface area contributed by atoms with E-state index in [0.29, 0.717) is 35.5 Å². The molecule has 3 N–H and O–H groups in total. The molecular weight excluding hydrogens is 544 g/mol. The summed E-state index contributed by atoms with van der Waals surface area (Å²) in [6.45, 7) is 2.19. The summed E-state index contributed by atoms with van der Waals surface area (Å²) in [5, 5.41) is 8.56. The molecule has 0 saturated heterocycles. The molecule has 218 valence electrons. The zero-order valence-corrected chi connectivity index (χ0v) is 23.7.